The maximum Gasteiger partial charge on any atom is 0.302 e. The van der Waals surface area contributed by atoms with Crippen molar-refractivity contribution in [3.8, 4) is 0 Å². The van der Waals surface area contributed by atoms with Crippen molar-refractivity contribution in [3.05, 3.63) is 11.1 Å². The van der Waals surface area contributed by atoms with Gasteiger partial charge >= 0.3 is 11.9 Å². The molecular weight excluding hydrogens is 472 g/mol. The van der Waals surface area contributed by atoms with Crippen molar-refractivity contribution >= 4 is 11.9 Å². The summed E-state index contributed by atoms with van der Waals surface area (Å²) in [6.45, 7) is 21.1. The van der Waals surface area contributed by atoms with E-state index in [-0.39, 0.29) is 45.1 Å². The van der Waals surface area contributed by atoms with Crippen molar-refractivity contribution in [1.29, 1.82) is 0 Å². The lowest BCUT2D eigenvalue weighted by atomic mass is 9.33. The molecular formula is C34H54O4. The molecule has 5 aliphatic carbocycles. The van der Waals surface area contributed by atoms with Crippen molar-refractivity contribution in [3.63, 3.8) is 0 Å². The quantitative estimate of drug-likeness (QED) is 0.273. The SMILES string of the molecule is CC(=O)OC[C@@]12CCC(C(C)C)=C1[C@H]1CC[C@@H]3[C@]4(C)CC[C@H](OC(C)=O)C(C)(C)[C@@H]4CC[C@]3(C)[C@]1(C)CC2. The van der Waals surface area contributed by atoms with E-state index in [9.17, 15) is 9.59 Å². The largest absolute Gasteiger partial charge is 0.465 e. The van der Waals surface area contributed by atoms with Crippen LogP contribution in [0.3, 0.4) is 0 Å². The number of carbonyl (C=O) groups is 2. The summed E-state index contributed by atoms with van der Waals surface area (Å²) in [4.78, 5) is 23.8. The fourth-order valence-electron chi connectivity index (χ4n) is 11.6. The smallest absolute Gasteiger partial charge is 0.302 e. The first-order valence-corrected chi connectivity index (χ1v) is 15.7. The van der Waals surface area contributed by atoms with Gasteiger partial charge in [0.15, 0.2) is 0 Å². The molecule has 214 valence electrons. The van der Waals surface area contributed by atoms with Gasteiger partial charge in [0.25, 0.3) is 0 Å². The Kier molecular flexibility index (Phi) is 6.76. The Morgan fingerprint density at radius 1 is 0.816 bits per heavy atom. The third kappa shape index (κ3) is 3.80. The predicted octanol–water partition coefficient (Wildman–Crippen LogP) is 8.28. The Morgan fingerprint density at radius 3 is 2.16 bits per heavy atom. The van der Waals surface area contributed by atoms with Gasteiger partial charge < -0.3 is 9.47 Å². The second-order valence-corrected chi connectivity index (χ2v) is 15.7. The molecule has 0 amide bonds. The summed E-state index contributed by atoms with van der Waals surface area (Å²) >= 11 is 0. The van der Waals surface area contributed by atoms with E-state index < -0.39 is 0 Å². The van der Waals surface area contributed by atoms with Crippen LogP contribution in [0.15, 0.2) is 11.1 Å². The third-order valence-corrected chi connectivity index (χ3v) is 13.6. The van der Waals surface area contributed by atoms with Gasteiger partial charge in [-0.2, -0.15) is 0 Å². The highest BCUT2D eigenvalue weighted by Gasteiger charge is 2.69. The van der Waals surface area contributed by atoms with Crippen molar-refractivity contribution in [2.75, 3.05) is 6.61 Å². The molecule has 4 nitrogen and oxygen atoms in total. The maximum absolute atomic E-state index is 11.9. The molecule has 5 aliphatic rings. The van der Waals surface area contributed by atoms with Gasteiger partial charge in [-0.15, -0.1) is 0 Å². The monoisotopic (exact) mass is 526 g/mol. The minimum Gasteiger partial charge on any atom is -0.465 e. The van der Waals surface area contributed by atoms with Gasteiger partial charge in [-0.1, -0.05) is 59.6 Å². The van der Waals surface area contributed by atoms with E-state index in [4.69, 9.17) is 9.47 Å². The summed E-state index contributed by atoms with van der Waals surface area (Å²) in [6, 6.07) is 0. The fraction of sp³-hybridized carbons (Fsp3) is 0.882. The molecule has 0 aromatic carbocycles. The van der Waals surface area contributed by atoms with Crippen LogP contribution >= 0.6 is 0 Å². The molecule has 4 saturated carbocycles. The maximum atomic E-state index is 11.9. The number of hydrogen-bond donors (Lipinski definition) is 0. The number of esters is 2. The van der Waals surface area contributed by atoms with Crippen LogP contribution in [0.4, 0.5) is 0 Å². The van der Waals surface area contributed by atoms with Crippen LogP contribution in [-0.4, -0.2) is 24.6 Å². The van der Waals surface area contributed by atoms with E-state index >= 15 is 0 Å². The number of fused-ring (bicyclic) bond motifs is 7. The zero-order valence-electron chi connectivity index (χ0n) is 25.8. The van der Waals surface area contributed by atoms with E-state index in [1.54, 1.807) is 25.0 Å². The summed E-state index contributed by atoms with van der Waals surface area (Å²) in [7, 11) is 0. The van der Waals surface area contributed by atoms with Crippen LogP contribution in [0.1, 0.15) is 127 Å². The van der Waals surface area contributed by atoms with E-state index in [1.807, 2.05) is 0 Å². The van der Waals surface area contributed by atoms with Crippen molar-refractivity contribution < 1.29 is 19.1 Å². The number of ether oxygens (including phenoxy) is 2. The van der Waals surface area contributed by atoms with Crippen LogP contribution in [0.5, 0.6) is 0 Å². The molecule has 5 rings (SSSR count). The molecule has 0 unspecified atom stereocenters. The lowest BCUT2D eigenvalue weighted by Crippen LogP contribution is -2.66. The minimum atomic E-state index is -0.140. The molecule has 0 saturated heterocycles. The second-order valence-electron chi connectivity index (χ2n) is 15.7. The summed E-state index contributed by atoms with van der Waals surface area (Å²) < 4.78 is 11.7. The topological polar surface area (TPSA) is 52.6 Å². The van der Waals surface area contributed by atoms with Gasteiger partial charge in [0.2, 0.25) is 0 Å². The molecule has 0 radical (unpaired) electrons. The Morgan fingerprint density at radius 2 is 1.53 bits per heavy atom. The molecule has 0 aromatic rings. The molecule has 0 spiro atoms. The first-order valence-electron chi connectivity index (χ1n) is 15.7. The van der Waals surface area contributed by atoms with Crippen LogP contribution in [0.2, 0.25) is 0 Å². The molecule has 0 N–H and O–H groups in total. The highest BCUT2D eigenvalue weighted by atomic mass is 16.5. The zero-order valence-corrected chi connectivity index (χ0v) is 25.8. The summed E-state index contributed by atoms with van der Waals surface area (Å²) in [5, 5.41) is 0. The Hall–Kier alpha value is -1.32. The average molecular weight is 527 g/mol. The number of rotatable bonds is 4. The van der Waals surface area contributed by atoms with Crippen molar-refractivity contribution in [2.45, 2.75) is 133 Å². The first-order chi connectivity index (χ1) is 17.6. The van der Waals surface area contributed by atoms with E-state index in [0.29, 0.717) is 30.3 Å². The van der Waals surface area contributed by atoms with E-state index in [2.05, 4.69) is 48.5 Å². The number of hydrogen-bond acceptors (Lipinski definition) is 4. The van der Waals surface area contributed by atoms with Crippen LogP contribution in [0.25, 0.3) is 0 Å². The van der Waals surface area contributed by atoms with Gasteiger partial charge in [-0.05, 0) is 104 Å². The first kappa shape index (κ1) is 28.2. The average Bonchev–Trinajstić information content (AvgIpc) is 3.20. The van der Waals surface area contributed by atoms with Gasteiger partial charge in [-0.25, -0.2) is 0 Å². The third-order valence-electron chi connectivity index (χ3n) is 13.6. The lowest BCUT2D eigenvalue weighted by molar-refractivity contribution is -0.233. The fourth-order valence-corrected chi connectivity index (χ4v) is 11.6. The molecule has 0 aliphatic heterocycles. The Bertz CT molecular complexity index is 1020. The molecule has 0 aromatic heterocycles. The van der Waals surface area contributed by atoms with Gasteiger partial charge in [-0.3, -0.25) is 9.59 Å². The highest BCUT2D eigenvalue weighted by Crippen LogP contribution is 2.76. The second kappa shape index (κ2) is 9.10. The molecule has 4 heteroatoms. The summed E-state index contributed by atoms with van der Waals surface area (Å²) in [5.74, 6) is 2.15. The molecule has 8 atom stereocenters. The van der Waals surface area contributed by atoms with Gasteiger partial charge in [0, 0.05) is 24.7 Å². The van der Waals surface area contributed by atoms with Crippen LogP contribution in [-0.2, 0) is 19.1 Å². The van der Waals surface area contributed by atoms with Crippen LogP contribution < -0.4 is 0 Å². The zero-order chi connectivity index (χ0) is 27.9. The van der Waals surface area contributed by atoms with E-state index in [1.165, 1.54) is 38.5 Å². The molecule has 0 heterocycles. The summed E-state index contributed by atoms with van der Waals surface area (Å²) in [6.07, 6.45) is 11.9. The minimum absolute atomic E-state index is 0.00228. The van der Waals surface area contributed by atoms with Crippen LogP contribution in [0, 0.1) is 50.7 Å². The molecule has 4 fully saturated rings. The Labute approximate surface area is 232 Å². The molecule has 38 heavy (non-hydrogen) atoms. The van der Waals surface area contributed by atoms with Crippen molar-refractivity contribution in [2.24, 2.45) is 50.7 Å². The predicted molar refractivity (Wildman–Crippen MR) is 151 cm³/mol. The highest BCUT2D eigenvalue weighted by molar-refractivity contribution is 5.66. The van der Waals surface area contributed by atoms with Gasteiger partial charge in [0.05, 0.1) is 0 Å². The number of carbonyl (C=O) groups excluding carboxylic acids is 2. The molecule has 0 bridgehead atoms. The standard InChI is InChI=1S/C34H54O4/c1-21(2)24-12-17-34(20-37-22(3)35)19-18-32(8)25(29(24)34)10-11-27-31(7)15-14-28(38-23(4)36)30(5,6)26(31)13-16-33(27,32)9/h21,25-28H,10-20H2,1-9H3/t25-,26+,27-,28+,31-,32-,33+,34+/m1/s1. The summed E-state index contributed by atoms with van der Waals surface area (Å²) in [5.41, 5.74) is 4.29. The number of allylic oxidation sites excluding steroid dienone is 1. The van der Waals surface area contributed by atoms with Crippen molar-refractivity contribution in [1.82, 2.24) is 0 Å². The Balaban J connectivity index is 1.52. The van der Waals surface area contributed by atoms with E-state index in [0.717, 1.165) is 25.7 Å². The van der Waals surface area contributed by atoms with Gasteiger partial charge in [0.1, 0.15) is 12.7 Å². The lowest BCUT2D eigenvalue weighted by Gasteiger charge is -2.72. The normalized spacial score (nSPS) is 45.5.